The van der Waals surface area contributed by atoms with Gasteiger partial charge in [-0.2, -0.15) is 0 Å². The third-order valence-electron chi connectivity index (χ3n) is 4.21. The van der Waals surface area contributed by atoms with Gasteiger partial charge in [-0.1, -0.05) is 18.2 Å². The normalized spacial score (nSPS) is 11.0. The third-order valence-corrected chi connectivity index (χ3v) is 4.21. The van der Waals surface area contributed by atoms with Gasteiger partial charge >= 0.3 is 0 Å². The third kappa shape index (κ3) is 3.24. The van der Waals surface area contributed by atoms with Gasteiger partial charge in [0.1, 0.15) is 11.5 Å². The monoisotopic (exact) mass is 348 g/mol. The molecule has 0 aliphatic rings. The summed E-state index contributed by atoms with van der Waals surface area (Å²) in [6.45, 7) is 1.79. The van der Waals surface area contributed by atoms with Gasteiger partial charge in [0.05, 0.1) is 36.7 Å². The summed E-state index contributed by atoms with van der Waals surface area (Å²) in [5.74, 6) is 1.11. The Bertz CT molecular complexity index is 1010. The number of nitrogens with two attached hydrogens (primary N) is 1. The number of ketones is 1. The van der Waals surface area contributed by atoms with Gasteiger partial charge in [-0.05, 0) is 37.3 Å². The van der Waals surface area contributed by atoms with Crippen LogP contribution in [0, 0.1) is 6.92 Å². The molecule has 132 valence electrons. The van der Waals surface area contributed by atoms with E-state index in [1.54, 1.807) is 33.3 Å². The van der Waals surface area contributed by atoms with Gasteiger partial charge in [0.15, 0.2) is 5.78 Å². The number of anilines is 1. The number of aromatic nitrogens is 1. The van der Waals surface area contributed by atoms with E-state index < -0.39 is 0 Å². The topological polar surface area (TPSA) is 74.4 Å². The molecule has 2 aromatic carbocycles. The largest absolute Gasteiger partial charge is 0.497 e. The van der Waals surface area contributed by atoms with Crippen molar-refractivity contribution < 1.29 is 14.3 Å². The Kier molecular flexibility index (Phi) is 4.89. The van der Waals surface area contributed by atoms with E-state index in [0.717, 1.165) is 16.5 Å². The number of hydrogen-bond donors (Lipinski definition) is 1. The van der Waals surface area contributed by atoms with Crippen LogP contribution in [0.4, 0.5) is 5.69 Å². The van der Waals surface area contributed by atoms with Crippen molar-refractivity contribution in [1.29, 1.82) is 0 Å². The van der Waals surface area contributed by atoms with Crippen molar-refractivity contribution >= 4 is 28.4 Å². The fourth-order valence-electron chi connectivity index (χ4n) is 2.88. The maximum absolute atomic E-state index is 12.8. The number of methoxy groups -OCH3 is 2. The van der Waals surface area contributed by atoms with Gasteiger partial charge in [0.25, 0.3) is 0 Å². The van der Waals surface area contributed by atoms with Crippen LogP contribution in [0.1, 0.15) is 21.6 Å². The lowest BCUT2D eigenvalue weighted by molar-refractivity contribution is 0.104. The fourth-order valence-corrected chi connectivity index (χ4v) is 2.88. The summed E-state index contributed by atoms with van der Waals surface area (Å²) in [5.41, 5.74) is 9.28. The number of rotatable bonds is 5. The van der Waals surface area contributed by atoms with Crippen molar-refractivity contribution in [1.82, 2.24) is 4.98 Å². The number of carbonyl (C=O) groups is 1. The molecule has 0 atom stereocenters. The van der Waals surface area contributed by atoms with E-state index in [1.807, 2.05) is 36.4 Å². The van der Waals surface area contributed by atoms with Gasteiger partial charge in [-0.15, -0.1) is 0 Å². The molecule has 0 radical (unpaired) electrons. The van der Waals surface area contributed by atoms with E-state index in [-0.39, 0.29) is 5.78 Å². The van der Waals surface area contributed by atoms with Crippen LogP contribution in [-0.2, 0) is 0 Å². The number of para-hydroxylation sites is 1. The molecule has 26 heavy (non-hydrogen) atoms. The number of ether oxygens (including phenoxy) is 2. The Hall–Kier alpha value is -3.34. The lowest BCUT2D eigenvalue weighted by Crippen LogP contribution is -2.06. The number of aryl methyl sites for hydroxylation is 1. The van der Waals surface area contributed by atoms with Crippen LogP contribution in [0.15, 0.2) is 48.5 Å². The highest BCUT2D eigenvalue weighted by molar-refractivity contribution is 6.14. The number of nitrogen functional groups attached to an aromatic ring is 1. The van der Waals surface area contributed by atoms with Crippen LogP contribution in [0.25, 0.3) is 17.0 Å². The van der Waals surface area contributed by atoms with E-state index in [1.165, 1.54) is 6.08 Å². The van der Waals surface area contributed by atoms with E-state index >= 15 is 0 Å². The van der Waals surface area contributed by atoms with Crippen LogP contribution in [0.2, 0.25) is 0 Å². The van der Waals surface area contributed by atoms with Crippen molar-refractivity contribution in [2.45, 2.75) is 6.92 Å². The second-order valence-corrected chi connectivity index (χ2v) is 5.81. The molecule has 0 aliphatic carbocycles. The maximum Gasteiger partial charge on any atom is 0.189 e. The molecule has 1 aromatic heterocycles. The van der Waals surface area contributed by atoms with Crippen LogP contribution in [-0.4, -0.2) is 25.0 Å². The van der Waals surface area contributed by atoms with Crippen LogP contribution in [0.3, 0.4) is 0 Å². The Morgan fingerprint density at radius 3 is 2.62 bits per heavy atom. The quantitative estimate of drug-likeness (QED) is 0.556. The first-order valence-corrected chi connectivity index (χ1v) is 8.14. The molecule has 5 heteroatoms. The van der Waals surface area contributed by atoms with Crippen molar-refractivity contribution in [3.63, 3.8) is 0 Å². The van der Waals surface area contributed by atoms with E-state index in [4.69, 9.17) is 15.2 Å². The molecule has 0 unspecified atom stereocenters. The number of fused-ring (bicyclic) bond motifs is 1. The van der Waals surface area contributed by atoms with Crippen molar-refractivity contribution in [2.24, 2.45) is 0 Å². The number of carbonyl (C=O) groups excluding carboxylic acids is 1. The van der Waals surface area contributed by atoms with Gasteiger partial charge < -0.3 is 15.2 Å². The average Bonchev–Trinajstić information content (AvgIpc) is 2.66. The number of hydrogen-bond acceptors (Lipinski definition) is 5. The molecule has 3 rings (SSSR count). The molecule has 0 aliphatic heterocycles. The molecule has 5 nitrogen and oxygen atoms in total. The van der Waals surface area contributed by atoms with Crippen molar-refractivity contribution in [3.8, 4) is 11.5 Å². The summed E-state index contributed by atoms with van der Waals surface area (Å²) in [6, 6.07) is 12.9. The molecule has 1 heterocycles. The van der Waals surface area contributed by atoms with Gasteiger partial charge in [0, 0.05) is 17.0 Å². The second-order valence-electron chi connectivity index (χ2n) is 5.81. The Balaban J connectivity index is 1.98. The highest BCUT2D eigenvalue weighted by Gasteiger charge is 2.15. The standard InChI is InChI=1S/C21H20N2O3/c1-13-20(21(22)16-6-4-5-7-17(16)23-13)18(24)11-9-14-8-10-15(25-2)12-19(14)26-3/h4-12H,1-3H3,(H2,22,23). The van der Waals surface area contributed by atoms with Gasteiger partial charge in [-0.25, -0.2) is 0 Å². The first-order valence-electron chi connectivity index (χ1n) is 8.14. The predicted octanol–water partition coefficient (Wildman–Crippen LogP) is 4.04. The predicted molar refractivity (Wildman–Crippen MR) is 104 cm³/mol. The number of allylic oxidation sites excluding steroid dienone is 1. The minimum Gasteiger partial charge on any atom is -0.497 e. The Labute approximate surface area is 152 Å². The molecule has 0 amide bonds. The maximum atomic E-state index is 12.8. The summed E-state index contributed by atoms with van der Waals surface area (Å²) in [5, 5.41) is 0.775. The number of nitrogens with zero attached hydrogens (tertiary/aromatic N) is 1. The first kappa shape index (κ1) is 17.5. The van der Waals surface area contributed by atoms with E-state index in [2.05, 4.69) is 4.98 Å². The highest BCUT2D eigenvalue weighted by Crippen LogP contribution is 2.28. The lowest BCUT2D eigenvalue weighted by Gasteiger charge is -2.10. The molecule has 2 N–H and O–H groups in total. The summed E-state index contributed by atoms with van der Waals surface area (Å²) >= 11 is 0. The first-order chi connectivity index (χ1) is 12.5. The molecular weight excluding hydrogens is 328 g/mol. The fraction of sp³-hybridized carbons (Fsp3) is 0.143. The molecule has 0 bridgehead atoms. The second kappa shape index (κ2) is 7.27. The smallest absolute Gasteiger partial charge is 0.189 e. The van der Waals surface area contributed by atoms with Gasteiger partial charge in [0.2, 0.25) is 0 Å². The SMILES string of the molecule is COc1ccc(C=CC(=O)c2c(C)nc3ccccc3c2N)c(OC)c1. The van der Waals surface area contributed by atoms with Crippen LogP contribution < -0.4 is 15.2 Å². The number of benzene rings is 2. The zero-order valence-corrected chi connectivity index (χ0v) is 14.9. The van der Waals surface area contributed by atoms with E-state index in [0.29, 0.717) is 28.4 Å². The minimum absolute atomic E-state index is 0.198. The minimum atomic E-state index is -0.198. The zero-order chi connectivity index (χ0) is 18.7. The lowest BCUT2D eigenvalue weighted by atomic mass is 10.0. The number of pyridine rings is 1. The summed E-state index contributed by atoms with van der Waals surface area (Å²) in [7, 11) is 3.16. The summed E-state index contributed by atoms with van der Waals surface area (Å²) < 4.78 is 10.5. The molecule has 0 fully saturated rings. The van der Waals surface area contributed by atoms with Crippen LogP contribution >= 0.6 is 0 Å². The molecule has 0 saturated carbocycles. The zero-order valence-electron chi connectivity index (χ0n) is 14.9. The molecule has 0 spiro atoms. The Morgan fingerprint density at radius 1 is 1.12 bits per heavy atom. The molecular formula is C21H20N2O3. The molecule has 0 saturated heterocycles. The highest BCUT2D eigenvalue weighted by atomic mass is 16.5. The summed E-state index contributed by atoms with van der Waals surface area (Å²) in [4.78, 5) is 17.2. The average molecular weight is 348 g/mol. The van der Waals surface area contributed by atoms with Crippen molar-refractivity contribution in [2.75, 3.05) is 20.0 Å². The molecule has 3 aromatic rings. The Morgan fingerprint density at radius 2 is 1.88 bits per heavy atom. The van der Waals surface area contributed by atoms with Crippen LogP contribution in [0.5, 0.6) is 11.5 Å². The van der Waals surface area contributed by atoms with Crippen molar-refractivity contribution in [3.05, 3.63) is 65.4 Å². The van der Waals surface area contributed by atoms with Gasteiger partial charge in [-0.3, -0.25) is 9.78 Å². The van der Waals surface area contributed by atoms with E-state index in [9.17, 15) is 4.79 Å². The summed E-state index contributed by atoms with van der Waals surface area (Å²) in [6.07, 6.45) is 3.19.